The van der Waals surface area contributed by atoms with Crippen LogP contribution in [-0.2, 0) is 4.74 Å². The van der Waals surface area contributed by atoms with Crippen molar-refractivity contribution in [1.29, 1.82) is 0 Å². The summed E-state index contributed by atoms with van der Waals surface area (Å²) in [5.74, 6) is -0.0160. The van der Waals surface area contributed by atoms with E-state index < -0.39 is 11.4 Å². The lowest BCUT2D eigenvalue weighted by molar-refractivity contribution is 0.0209. The summed E-state index contributed by atoms with van der Waals surface area (Å²) in [7, 11) is 0. The van der Waals surface area contributed by atoms with E-state index in [4.69, 9.17) is 31.0 Å². The van der Waals surface area contributed by atoms with Crippen molar-refractivity contribution >= 4 is 45.2 Å². The Bertz CT molecular complexity index is 1910. The third-order valence-electron chi connectivity index (χ3n) is 10.6. The molecular weight excluding hydrogens is 633 g/mol. The maximum Gasteiger partial charge on any atom is 0.410 e. The summed E-state index contributed by atoms with van der Waals surface area (Å²) < 4.78 is 29.2. The van der Waals surface area contributed by atoms with Gasteiger partial charge in [-0.15, -0.1) is 0 Å². The molecule has 48 heavy (non-hydrogen) atoms. The molecule has 4 aromatic rings. The number of anilines is 1. The van der Waals surface area contributed by atoms with Gasteiger partial charge in [0.1, 0.15) is 29.3 Å². The normalized spacial score (nSPS) is 22.1. The van der Waals surface area contributed by atoms with Gasteiger partial charge in [-0.2, -0.15) is 9.97 Å². The summed E-state index contributed by atoms with van der Waals surface area (Å²) in [5, 5.41) is 12.8. The number of halogens is 2. The van der Waals surface area contributed by atoms with E-state index in [1.54, 1.807) is 23.1 Å². The SMILES string of the molecule is CC(C)(C)OC(=O)N1C[C@H]2CC[C@@H](C1)N2c1nc(OCC23CCCN2CCC3)nc2c(F)c(-c3cc(O)cc4ccccc34)c(Cl)cc12. The van der Waals surface area contributed by atoms with Gasteiger partial charge in [-0.1, -0.05) is 35.9 Å². The number of aromatic hydroxyl groups is 1. The lowest BCUT2D eigenvalue weighted by Gasteiger charge is -2.42. The number of ether oxygens (including phenoxy) is 2. The molecule has 0 radical (unpaired) electrons. The number of amides is 1. The van der Waals surface area contributed by atoms with E-state index in [1.807, 2.05) is 45.0 Å². The number of rotatable bonds is 5. The molecule has 4 saturated heterocycles. The van der Waals surface area contributed by atoms with Gasteiger partial charge in [-0.25, -0.2) is 9.18 Å². The van der Waals surface area contributed by atoms with Crippen LogP contribution in [0, 0.1) is 5.82 Å². The Morgan fingerprint density at radius 3 is 2.46 bits per heavy atom. The molecule has 1 N–H and O–H groups in total. The van der Waals surface area contributed by atoms with E-state index in [0.29, 0.717) is 36.5 Å². The van der Waals surface area contributed by atoms with E-state index >= 15 is 4.39 Å². The fraction of sp³-hybridized carbons (Fsp3) is 0.486. The standard InChI is InChI=1S/C37H41ClFN5O4/c1-36(2,3)48-35(46)42-19-23-10-11-24(20-42)44(23)33-28-18-29(38)30(27-17-25(45)16-22-8-4-5-9-26(22)27)31(39)32(28)40-34(41-33)47-21-37-12-6-14-43(37)15-7-13-37/h4-5,8-9,16-18,23-24,45H,6-7,10-15,19-21H2,1-3H3/t23-,24+. The number of carbonyl (C=O) groups excluding carboxylic acids is 1. The second-order valence-corrected chi connectivity index (χ2v) is 15.3. The van der Waals surface area contributed by atoms with E-state index in [-0.39, 0.29) is 51.6 Å². The Labute approximate surface area is 284 Å². The van der Waals surface area contributed by atoms with E-state index in [0.717, 1.165) is 62.4 Å². The van der Waals surface area contributed by atoms with E-state index in [1.165, 1.54) is 0 Å². The number of aromatic nitrogens is 2. The largest absolute Gasteiger partial charge is 0.508 e. The maximum absolute atomic E-state index is 17.1. The summed E-state index contributed by atoms with van der Waals surface area (Å²) >= 11 is 6.97. The van der Waals surface area contributed by atoms with Gasteiger partial charge in [0.2, 0.25) is 0 Å². The fourth-order valence-electron chi connectivity index (χ4n) is 8.55. The van der Waals surface area contributed by atoms with Crippen molar-refractivity contribution in [2.45, 2.75) is 82.5 Å². The molecule has 1 amide bonds. The van der Waals surface area contributed by atoms with Crippen LogP contribution in [0.25, 0.3) is 32.8 Å². The van der Waals surface area contributed by atoms with Crippen LogP contribution in [-0.4, -0.2) is 87.0 Å². The Morgan fingerprint density at radius 2 is 1.75 bits per heavy atom. The van der Waals surface area contributed by atoms with Crippen LogP contribution in [0.1, 0.15) is 59.3 Å². The van der Waals surface area contributed by atoms with E-state index in [2.05, 4.69) is 9.80 Å². The first-order valence-electron chi connectivity index (χ1n) is 17.1. The van der Waals surface area contributed by atoms with Crippen molar-refractivity contribution in [3.8, 4) is 22.9 Å². The molecule has 2 bridgehead atoms. The third kappa shape index (κ3) is 5.37. The smallest absolute Gasteiger partial charge is 0.410 e. The molecule has 4 aliphatic rings. The number of nitrogens with zero attached hydrogens (tertiary/aromatic N) is 5. The molecule has 0 aliphatic carbocycles. The monoisotopic (exact) mass is 673 g/mol. The van der Waals surface area contributed by atoms with Crippen molar-refractivity contribution in [2.75, 3.05) is 37.7 Å². The Hall–Kier alpha value is -3.89. The summed E-state index contributed by atoms with van der Waals surface area (Å²) in [4.78, 5) is 29.3. The molecule has 1 aromatic heterocycles. The highest BCUT2D eigenvalue weighted by Crippen LogP contribution is 2.45. The number of benzene rings is 3. The number of fused-ring (bicyclic) bond motifs is 5. The molecular formula is C37H41ClFN5O4. The van der Waals surface area contributed by atoms with Gasteiger partial charge < -0.3 is 24.4 Å². The van der Waals surface area contributed by atoms with Gasteiger partial charge in [-0.3, -0.25) is 4.90 Å². The van der Waals surface area contributed by atoms with Gasteiger partial charge >= 0.3 is 12.1 Å². The minimum Gasteiger partial charge on any atom is -0.508 e. The van der Waals surface area contributed by atoms with E-state index in [9.17, 15) is 9.90 Å². The molecule has 9 nitrogen and oxygen atoms in total. The number of hydrogen-bond acceptors (Lipinski definition) is 8. The second-order valence-electron chi connectivity index (χ2n) is 14.9. The van der Waals surface area contributed by atoms with Crippen LogP contribution < -0.4 is 9.64 Å². The topological polar surface area (TPSA) is 91.3 Å². The predicted molar refractivity (Wildman–Crippen MR) is 184 cm³/mol. The van der Waals surface area contributed by atoms with Crippen molar-refractivity contribution < 1.29 is 23.8 Å². The van der Waals surface area contributed by atoms with Crippen LogP contribution in [0.15, 0.2) is 42.5 Å². The van der Waals surface area contributed by atoms with Crippen LogP contribution in [0.5, 0.6) is 11.8 Å². The number of phenolic OH excluding ortho intramolecular Hbond substituents is 1. The van der Waals surface area contributed by atoms with Crippen molar-refractivity contribution in [1.82, 2.24) is 19.8 Å². The fourth-order valence-corrected chi connectivity index (χ4v) is 8.85. The summed E-state index contributed by atoms with van der Waals surface area (Å²) in [6.45, 7) is 9.10. The van der Waals surface area contributed by atoms with Crippen LogP contribution in [0.3, 0.4) is 0 Å². The molecule has 2 atom stereocenters. The van der Waals surface area contributed by atoms with Crippen LogP contribution in [0.4, 0.5) is 15.0 Å². The summed E-state index contributed by atoms with van der Waals surface area (Å²) in [6, 6.07) is 12.5. The van der Waals surface area contributed by atoms with Crippen molar-refractivity contribution in [3.05, 3.63) is 53.3 Å². The molecule has 4 aliphatic heterocycles. The molecule has 8 rings (SSSR count). The van der Waals surface area contributed by atoms with Gasteiger partial charge in [0, 0.05) is 36.1 Å². The van der Waals surface area contributed by atoms with Gasteiger partial charge in [0.15, 0.2) is 5.82 Å². The summed E-state index contributed by atoms with van der Waals surface area (Å²) in [6.07, 6.45) is 5.76. The summed E-state index contributed by atoms with van der Waals surface area (Å²) in [5.41, 5.74) is 0.128. The molecule has 11 heteroatoms. The van der Waals surface area contributed by atoms with Crippen molar-refractivity contribution in [2.24, 2.45) is 0 Å². The predicted octanol–water partition coefficient (Wildman–Crippen LogP) is 7.54. The lowest BCUT2D eigenvalue weighted by atomic mass is 9.95. The quantitative estimate of drug-likeness (QED) is 0.232. The van der Waals surface area contributed by atoms with Crippen LogP contribution in [0.2, 0.25) is 5.02 Å². The first-order valence-corrected chi connectivity index (χ1v) is 17.4. The first kappa shape index (κ1) is 31.4. The average molecular weight is 674 g/mol. The third-order valence-corrected chi connectivity index (χ3v) is 10.9. The van der Waals surface area contributed by atoms with Crippen LogP contribution >= 0.6 is 11.6 Å². The first-order chi connectivity index (χ1) is 23.0. The Balaban J connectivity index is 1.24. The Kier molecular flexibility index (Phi) is 7.60. The minimum atomic E-state index is -0.594. The minimum absolute atomic E-state index is 0.0167. The highest BCUT2D eigenvalue weighted by molar-refractivity contribution is 6.35. The molecule has 4 fully saturated rings. The second kappa shape index (κ2) is 11.6. The zero-order valence-corrected chi connectivity index (χ0v) is 28.4. The molecule has 0 saturated carbocycles. The number of carbonyl (C=O) groups is 1. The molecule has 0 spiro atoms. The lowest BCUT2D eigenvalue weighted by Crippen LogP contribution is -2.56. The zero-order chi connectivity index (χ0) is 33.4. The van der Waals surface area contributed by atoms with Crippen molar-refractivity contribution in [3.63, 3.8) is 0 Å². The molecule has 0 unspecified atom stereocenters. The van der Waals surface area contributed by atoms with Gasteiger partial charge in [0.05, 0.1) is 10.6 Å². The number of likely N-dealkylation sites (tertiary alicyclic amines) is 1. The molecule has 3 aromatic carbocycles. The molecule has 252 valence electrons. The average Bonchev–Trinajstić information content (AvgIpc) is 3.69. The number of phenols is 1. The number of piperazine rings is 1. The van der Waals surface area contributed by atoms with Gasteiger partial charge in [-0.05, 0) is 107 Å². The Morgan fingerprint density at radius 1 is 1.04 bits per heavy atom. The highest BCUT2D eigenvalue weighted by atomic mass is 35.5. The van der Waals surface area contributed by atoms with Gasteiger partial charge in [0.25, 0.3) is 0 Å². The zero-order valence-electron chi connectivity index (χ0n) is 27.6. The highest BCUT2D eigenvalue weighted by Gasteiger charge is 2.46. The molecule has 5 heterocycles. The maximum atomic E-state index is 17.1. The number of hydrogen-bond donors (Lipinski definition) is 1.